The second-order valence-corrected chi connectivity index (χ2v) is 5.10. The van der Waals surface area contributed by atoms with E-state index < -0.39 is 0 Å². The molecule has 3 aromatic rings. The standard InChI is InChI=1S/C17H14O4S/c1-19-11-8-9-12(20-2)16-13(11)14(18)17(22)15(21-16)10-6-4-3-5-7-10/h3-9,22H,1-2H3. The lowest BCUT2D eigenvalue weighted by Crippen LogP contribution is -2.07. The smallest absolute Gasteiger partial charge is 0.210 e. The Morgan fingerprint density at radius 2 is 1.59 bits per heavy atom. The molecule has 1 aromatic heterocycles. The molecule has 0 radical (unpaired) electrons. The van der Waals surface area contributed by atoms with Gasteiger partial charge in [-0.1, -0.05) is 30.3 Å². The van der Waals surface area contributed by atoms with E-state index in [4.69, 9.17) is 13.9 Å². The molecule has 0 bridgehead atoms. The SMILES string of the molecule is COc1ccc(OC)c2c(=O)c(S)c(-c3ccccc3)oc12. The average molecular weight is 314 g/mol. The third-order valence-corrected chi connectivity index (χ3v) is 3.83. The summed E-state index contributed by atoms with van der Waals surface area (Å²) >= 11 is 4.35. The van der Waals surface area contributed by atoms with Crippen LogP contribution in [0.2, 0.25) is 0 Å². The highest BCUT2D eigenvalue weighted by Gasteiger charge is 2.19. The summed E-state index contributed by atoms with van der Waals surface area (Å²) in [5.41, 5.74) is 0.874. The number of rotatable bonds is 3. The van der Waals surface area contributed by atoms with Crippen LogP contribution in [-0.2, 0) is 0 Å². The van der Waals surface area contributed by atoms with Gasteiger partial charge in [-0.3, -0.25) is 4.79 Å². The molecule has 5 heteroatoms. The van der Waals surface area contributed by atoms with Crippen molar-refractivity contribution >= 4 is 23.6 Å². The van der Waals surface area contributed by atoms with Crippen LogP contribution in [0.15, 0.2) is 56.6 Å². The number of hydrogen-bond donors (Lipinski definition) is 1. The first kappa shape index (κ1) is 14.5. The van der Waals surface area contributed by atoms with Gasteiger partial charge in [0.15, 0.2) is 17.1 Å². The Bertz CT molecular complexity index is 885. The summed E-state index contributed by atoms with van der Waals surface area (Å²) < 4.78 is 16.5. The highest BCUT2D eigenvalue weighted by molar-refractivity contribution is 7.80. The zero-order valence-corrected chi connectivity index (χ0v) is 13.0. The van der Waals surface area contributed by atoms with Crippen LogP contribution in [0.3, 0.4) is 0 Å². The van der Waals surface area contributed by atoms with Gasteiger partial charge >= 0.3 is 0 Å². The fourth-order valence-electron chi connectivity index (χ4n) is 2.35. The molecular formula is C17H14O4S. The lowest BCUT2D eigenvalue weighted by atomic mass is 10.1. The quantitative estimate of drug-likeness (QED) is 0.748. The van der Waals surface area contributed by atoms with Crippen molar-refractivity contribution in [3.05, 3.63) is 52.7 Å². The predicted octanol–water partition coefficient (Wildman–Crippen LogP) is 3.77. The highest BCUT2D eigenvalue weighted by atomic mass is 32.1. The van der Waals surface area contributed by atoms with E-state index in [0.29, 0.717) is 28.2 Å². The summed E-state index contributed by atoms with van der Waals surface area (Å²) in [6, 6.07) is 12.7. The van der Waals surface area contributed by atoms with Crippen LogP contribution in [0.4, 0.5) is 0 Å². The molecule has 0 fully saturated rings. The van der Waals surface area contributed by atoms with Crippen LogP contribution >= 0.6 is 12.6 Å². The van der Waals surface area contributed by atoms with Crippen LogP contribution in [0, 0.1) is 0 Å². The van der Waals surface area contributed by atoms with E-state index in [1.807, 2.05) is 30.3 Å². The van der Waals surface area contributed by atoms with Gasteiger partial charge < -0.3 is 13.9 Å². The van der Waals surface area contributed by atoms with Crippen molar-refractivity contribution < 1.29 is 13.9 Å². The number of hydrogen-bond acceptors (Lipinski definition) is 5. The van der Waals surface area contributed by atoms with Gasteiger partial charge in [0.25, 0.3) is 0 Å². The second kappa shape index (κ2) is 5.77. The molecule has 0 saturated heterocycles. The summed E-state index contributed by atoms with van der Waals surface area (Å²) in [5.74, 6) is 1.31. The topological polar surface area (TPSA) is 48.7 Å². The second-order valence-electron chi connectivity index (χ2n) is 4.65. The highest BCUT2D eigenvalue weighted by Crippen LogP contribution is 2.36. The predicted molar refractivity (Wildman–Crippen MR) is 88.3 cm³/mol. The summed E-state index contributed by atoms with van der Waals surface area (Å²) in [6.07, 6.45) is 0. The zero-order valence-electron chi connectivity index (χ0n) is 12.1. The van der Waals surface area contributed by atoms with Gasteiger partial charge in [0.2, 0.25) is 5.43 Å². The number of benzene rings is 2. The fourth-order valence-corrected chi connectivity index (χ4v) is 2.64. The van der Waals surface area contributed by atoms with Gasteiger partial charge in [0.05, 0.1) is 19.1 Å². The first-order chi connectivity index (χ1) is 10.7. The fraction of sp³-hybridized carbons (Fsp3) is 0.118. The summed E-state index contributed by atoms with van der Waals surface area (Å²) in [5, 5.41) is 0.325. The molecule has 2 aromatic carbocycles. The van der Waals surface area contributed by atoms with Crippen LogP contribution in [0.25, 0.3) is 22.3 Å². The molecule has 0 amide bonds. The molecule has 3 rings (SSSR count). The molecule has 0 spiro atoms. The molecule has 112 valence electrons. The van der Waals surface area contributed by atoms with E-state index >= 15 is 0 Å². The van der Waals surface area contributed by atoms with E-state index in [2.05, 4.69) is 12.6 Å². The maximum Gasteiger partial charge on any atom is 0.210 e. The Kier molecular flexibility index (Phi) is 3.81. The number of fused-ring (bicyclic) bond motifs is 1. The van der Waals surface area contributed by atoms with Gasteiger partial charge in [-0.15, -0.1) is 12.6 Å². The van der Waals surface area contributed by atoms with Crippen LogP contribution < -0.4 is 14.9 Å². The Morgan fingerprint density at radius 3 is 2.23 bits per heavy atom. The maximum atomic E-state index is 12.7. The van der Waals surface area contributed by atoms with Gasteiger partial charge in [-0.05, 0) is 12.1 Å². The van der Waals surface area contributed by atoms with E-state index in [1.54, 1.807) is 12.1 Å². The van der Waals surface area contributed by atoms with E-state index in [9.17, 15) is 4.79 Å². The minimum Gasteiger partial charge on any atom is -0.496 e. The molecule has 4 nitrogen and oxygen atoms in total. The Labute approximate surface area is 132 Å². The van der Waals surface area contributed by atoms with Crippen LogP contribution in [0.1, 0.15) is 0 Å². The van der Waals surface area contributed by atoms with E-state index in [1.165, 1.54) is 14.2 Å². The first-order valence-electron chi connectivity index (χ1n) is 6.63. The molecule has 0 aliphatic rings. The lowest BCUT2D eigenvalue weighted by molar-refractivity contribution is 0.401. The average Bonchev–Trinajstić information content (AvgIpc) is 2.57. The molecular weight excluding hydrogens is 300 g/mol. The molecule has 0 aliphatic heterocycles. The normalized spacial score (nSPS) is 10.7. The zero-order chi connectivity index (χ0) is 15.7. The largest absolute Gasteiger partial charge is 0.496 e. The number of methoxy groups -OCH3 is 2. The monoisotopic (exact) mass is 314 g/mol. The van der Waals surface area contributed by atoms with Crippen LogP contribution in [-0.4, -0.2) is 14.2 Å². The minimum atomic E-state index is -0.251. The van der Waals surface area contributed by atoms with Gasteiger partial charge in [-0.25, -0.2) is 0 Å². The van der Waals surface area contributed by atoms with Gasteiger partial charge in [0.1, 0.15) is 11.1 Å². The number of thiol groups is 1. The van der Waals surface area contributed by atoms with Crippen molar-refractivity contribution in [3.63, 3.8) is 0 Å². The summed E-state index contributed by atoms with van der Waals surface area (Å²) in [4.78, 5) is 12.9. The minimum absolute atomic E-state index is 0.241. The Balaban J connectivity index is 2.44. The summed E-state index contributed by atoms with van der Waals surface area (Å²) in [6.45, 7) is 0. The molecule has 0 saturated carbocycles. The maximum absolute atomic E-state index is 12.7. The molecule has 1 heterocycles. The van der Waals surface area contributed by atoms with Crippen LogP contribution in [0.5, 0.6) is 11.5 Å². The number of ether oxygens (including phenoxy) is 2. The third kappa shape index (κ3) is 2.23. The summed E-state index contributed by atoms with van der Waals surface area (Å²) in [7, 11) is 3.03. The van der Waals surface area contributed by atoms with Gasteiger partial charge in [0, 0.05) is 5.56 Å². The Morgan fingerprint density at radius 1 is 0.955 bits per heavy atom. The van der Waals surface area contributed by atoms with Crippen molar-refractivity contribution in [1.82, 2.24) is 0 Å². The van der Waals surface area contributed by atoms with E-state index in [-0.39, 0.29) is 10.3 Å². The third-order valence-electron chi connectivity index (χ3n) is 3.42. The molecule has 22 heavy (non-hydrogen) atoms. The van der Waals surface area contributed by atoms with Crippen molar-refractivity contribution in [2.24, 2.45) is 0 Å². The molecule has 0 N–H and O–H groups in total. The molecule has 0 unspecified atom stereocenters. The van der Waals surface area contributed by atoms with Crippen molar-refractivity contribution in [2.75, 3.05) is 14.2 Å². The first-order valence-corrected chi connectivity index (χ1v) is 7.08. The molecule has 0 aliphatic carbocycles. The van der Waals surface area contributed by atoms with Gasteiger partial charge in [-0.2, -0.15) is 0 Å². The molecule has 0 atom stereocenters. The van der Waals surface area contributed by atoms with Crippen molar-refractivity contribution in [3.8, 4) is 22.8 Å². The van der Waals surface area contributed by atoms with Crippen molar-refractivity contribution in [1.29, 1.82) is 0 Å². The van der Waals surface area contributed by atoms with E-state index in [0.717, 1.165) is 5.56 Å². The lowest BCUT2D eigenvalue weighted by Gasteiger charge is -2.11. The Hall–Kier alpha value is -2.40. The van der Waals surface area contributed by atoms with Crippen molar-refractivity contribution in [2.45, 2.75) is 4.90 Å².